The summed E-state index contributed by atoms with van der Waals surface area (Å²) in [4.78, 5) is 6.93. The summed E-state index contributed by atoms with van der Waals surface area (Å²) in [5.74, 6) is 0. The average molecular weight is 453 g/mol. The van der Waals surface area contributed by atoms with Crippen molar-refractivity contribution < 1.29 is 0 Å². The molecule has 1 aliphatic heterocycles. The molecule has 5 heteroatoms. The second-order valence-electron chi connectivity index (χ2n) is 8.83. The third-order valence-corrected chi connectivity index (χ3v) is 6.81. The molecular formula is C28H28N4S. The zero-order chi connectivity index (χ0) is 23.1. The SMILES string of the molecule is Cc1ccc(N2C(=S)N[C@@H](c3ccccn3)[C@H]2c2cc(C)n(-c3ccc(C)cc3)c2C)cc1. The molecule has 4 aromatic rings. The minimum atomic E-state index is -0.0491. The molecule has 1 saturated heterocycles. The van der Waals surface area contributed by atoms with Crippen LogP contribution in [0.4, 0.5) is 5.69 Å². The molecule has 0 saturated carbocycles. The number of anilines is 1. The predicted octanol–water partition coefficient (Wildman–Crippen LogP) is 6.28. The van der Waals surface area contributed by atoms with Crippen LogP contribution in [0.1, 0.15) is 45.9 Å². The number of aromatic nitrogens is 2. The molecule has 0 unspecified atom stereocenters. The van der Waals surface area contributed by atoms with E-state index in [-0.39, 0.29) is 12.1 Å². The minimum absolute atomic E-state index is 0.0134. The van der Waals surface area contributed by atoms with Crippen molar-refractivity contribution in [3.8, 4) is 5.69 Å². The van der Waals surface area contributed by atoms with Gasteiger partial charge in [0, 0.05) is 29.0 Å². The molecule has 4 nitrogen and oxygen atoms in total. The van der Waals surface area contributed by atoms with Gasteiger partial charge in [-0.05, 0) is 87.9 Å². The standard InChI is InChI=1S/C28H28N4S/c1-18-8-12-22(13-9-18)31-20(3)17-24(21(31)4)27-26(25-7-5-6-16-29-25)30-28(33)32(27)23-14-10-19(2)11-15-23/h5-17,26-27H,1-4H3,(H,30,33)/t26-,27+/m0/s1. The fraction of sp³-hybridized carbons (Fsp3) is 0.214. The smallest absolute Gasteiger partial charge is 0.174 e. The van der Waals surface area contributed by atoms with Crippen molar-refractivity contribution >= 4 is 23.0 Å². The van der Waals surface area contributed by atoms with Gasteiger partial charge in [-0.1, -0.05) is 41.5 Å². The molecule has 166 valence electrons. The molecule has 2 aromatic carbocycles. The summed E-state index contributed by atoms with van der Waals surface area (Å²) in [6.45, 7) is 8.59. The number of nitrogens with zero attached hydrogens (tertiary/aromatic N) is 3. The lowest BCUT2D eigenvalue weighted by molar-refractivity contribution is 0.565. The van der Waals surface area contributed by atoms with E-state index in [9.17, 15) is 0 Å². The van der Waals surface area contributed by atoms with Crippen molar-refractivity contribution in [2.24, 2.45) is 0 Å². The van der Waals surface area contributed by atoms with Crippen LogP contribution in [0, 0.1) is 27.7 Å². The van der Waals surface area contributed by atoms with Crippen LogP contribution >= 0.6 is 12.2 Å². The van der Waals surface area contributed by atoms with Gasteiger partial charge < -0.3 is 14.8 Å². The summed E-state index contributed by atoms with van der Waals surface area (Å²) in [7, 11) is 0. The predicted molar refractivity (Wildman–Crippen MR) is 139 cm³/mol. The van der Waals surface area contributed by atoms with E-state index in [4.69, 9.17) is 12.2 Å². The van der Waals surface area contributed by atoms with Crippen molar-refractivity contribution in [3.05, 3.63) is 113 Å². The molecule has 0 spiro atoms. The summed E-state index contributed by atoms with van der Waals surface area (Å²) in [6.07, 6.45) is 1.85. The van der Waals surface area contributed by atoms with Gasteiger partial charge in [-0.2, -0.15) is 0 Å². The van der Waals surface area contributed by atoms with Crippen molar-refractivity contribution in [2.75, 3.05) is 4.90 Å². The number of thiocarbonyl (C=S) groups is 1. The van der Waals surface area contributed by atoms with Crippen molar-refractivity contribution in [2.45, 2.75) is 39.8 Å². The van der Waals surface area contributed by atoms with Gasteiger partial charge in [-0.15, -0.1) is 0 Å². The number of nitrogens with one attached hydrogen (secondary N) is 1. The van der Waals surface area contributed by atoms with Crippen LogP contribution in [0.5, 0.6) is 0 Å². The Kier molecular flexibility index (Phi) is 5.51. The Morgan fingerprint density at radius 3 is 2.06 bits per heavy atom. The van der Waals surface area contributed by atoms with E-state index in [0.29, 0.717) is 0 Å². The Hall–Kier alpha value is -3.44. The lowest BCUT2D eigenvalue weighted by Gasteiger charge is -2.28. The molecule has 2 aromatic heterocycles. The second kappa shape index (κ2) is 8.49. The highest BCUT2D eigenvalue weighted by molar-refractivity contribution is 7.80. The highest BCUT2D eigenvalue weighted by atomic mass is 32.1. The first kappa shape index (κ1) is 21.4. The highest BCUT2D eigenvalue weighted by Gasteiger charge is 2.42. The molecule has 2 atom stereocenters. The van der Waals surface area contributed by atoms with Crippen LogP contribution in [-0.2, 0) is 0 Å². The first-order valence-corrected chi connectivity index (χ1v) is 11.7. The van der Waals surface area contributed by atoms with Crippen molar-refractivity contribution in [1.82, 2.24) is 14.9 Å². The van der Waals surface area contributed by atoms with E-state index >= 15 is 0 Å². The molecule has 0 radical (unpaired) electrons. The van der Waals surface area contributed by atoms with Gasteiger partial charge in [0.05, 0.1) is 17.8 Å². The summed E-state index contributed by atoms with van der Waals surface area (Å²) >= 11 is 5.88. The first-order valence-electron chi connectivity index (χ1n) is 11.3. The molecule has 33 heavy (non-hydrogen) atoms. The first-order chi connectivity index (χ1) is 15.9. The fourth-order valence-electron chi connectivity index (χ4n) is 4.83. The van der Waals surface area contributed by atoms with E-state index < -0.39 is 0 Å². The maximum Gasteiger partial charge on any atom is 0.174 e. The van der Waals surface area contributed by atoms with Crippen LogP contribution in [0.3, 0.4) is 0 Å². The monoisotopic (exact) mass is 452 g/mol. The Balaban J connectivity index is 1.67. The third kappa shape index (κ3) is 3.83. The molecule has 1 fully saturated rings. The van der Waals surface area contributed by atoms with Crippen LogP contribution < -0.4 is 10.2 Å². The summed E-state index contributed by atoms with van der Waals surface area (Å²) in [5, 5.41) is 4.29. The molecule has 1 aliphatic rings. The van der Waals surface area contributed by atoms with Gasteiger partial charge >= 0.3 is 0 Å². The number of hydrogen-bond donors (Lipinski definition) is 1. The summed E-state index contributed by atoms with van der Waals surface area (Å²) in [6, 6.07) is 25.6. The molecule has 3 heterocycles. The maximum atomic E-state index is 5.88. The molecule has 0 amide bonds. The molecule has 0 aliphatic carbocycles. The highest BCUT2D eigenvalue weighted by Crippen LogP contribution is 2.43. The molecule has 5 rings (SSSR count). The lowest BCUT2D eigenvalue weighted by Crippen LogP contribution is -2.29. The summed E-state index contributed by atoms with van der Waals surface area (Å²) in [5.41, 5.74) is 9.39. The van der Waals surface area contributed by atoms with E-state index in [1.54, 1.807) is 0 Å². The number of hydrogen-bond acceptors (Lipinski definition) is 2. The normalized spacial score (nSPS) is 17.9. The Bertz CT molecular complexity index is 1290. The zero-order valence-corrected chi connectivity index (χ0v) is 20.2. The maximum absolute atomic E-state index is 5.88. The van der Waals surface area contributed by atoms with Crippen LogP contribution in [0.25, 0.3) is 5.69 Å². The zero-order valence-electron chi connectivity index (χ0n) is 19.4. The molecule has 1 N–H and O–H groups in total. The number of rotatable bonds is 4. The Morgan fingerprint density at radius 2 is 1.45 bits per heavy atom. The van der Waals surface area contributed by atoms with Gasteiger partial charge in [0.15, 0.2) is 5.11 Å². The second-order valence-corrected chi connectivity index (χ2v) is 9.22. The molecular weight excluding hydrogens is 424 g/mol. The van der Waals surface area contributed by atoms with Gasteiger partial charge in [0.2, 0.25) is 0 Å². The van der Waals surface area contributed by atoms with Crippen LogP contribution in [0.2, 0.25) is 0 Å². The van der Waals surface area contributed by atoms with E-state index in [0.717, 1.165) is 16.5 Å². The van der Waals surface area contributed by atoms with Crippen molar-refractivity contribution in [1.29, 1.82) is 0 Å². The van der Waals surface area contributed by atoms with E-state index in [1.807, 2.05) is 18.3 Å². The minimum Gasteiger partial charge on any atom is -0.351 e. The topological polar surface area (TPSA) is 33.1 Å². The number of benzene rings is 2. The van der Waals surface area contributed by atoms with Gasteiger partial charge in [-0.25, -0.2) is 0 Å². The largest absolute Gasteiger partial charge is 0.351 e. The van der Waals surface area contributed by atoms with Gasteiger partial charge in [0.25, 0.3) is 0 Å². The Labute approximate surface area is 200 Å². The van der Waals surface area contributed by atoms with Crippen LogP contribution in [-0.4, -0.2) is 14.7 Å². The van der Waals surface area contributed by atoms with Gasteiger partial charge in [0.1, 0.15) is 0 Å². The quantitative estimate of drug-likeness (QED) is 0.369. The van der Waals surface area contributed by atoms with E-state index in [1.165, 1.54) is 33.8 Å². The third-order valence-electron chi connectivity index (χ3n) is 6.49. The lowest BCUT2D eigenvalue weighted by atomic mass is 9.96. The fourth-order valence-corrected chi connectivity index (χ4v) is 5.18. The molecule has 0 bridgehead atoms. The Morgan fingerprint density at radius 1 is 0.818 bits per heavy atom. The van der Waals surface area contributed by atoms with E-state index in [2.05, 4.69) is 108 Å². The number of aryl methyl sites for hydroxylation is 3. The summed E-state index contributed by atoms with van der Waals surface area (Å²) < 4.78 is 2.33. The average Bonchev–Trinajstić information content (AvgIpc) is 3.31. The van der Waals surface area contributed by atoms with Crippen LogP contribution in [0.15, 0.2) is 79.0 Å². The number of pyridine rings is 1. The van der Waals surface area contributed by atoms with Gasteiger partial charge in [-0.3, -0.25) is 4.98 Å². The van der Waals surface area contributed by atoms with Crippen molar-refractivity contribution in [3.63, 3.8) is 0 Å².